The van der Waals surface area contributed by atoms with E-state index in [1.807, 2.05) is 4.90 Å². The topological polar surface area (TPSA) is 75.4 Å². The maximum absolute atomic E-state index is 12.5. The molecule has 2 amide bonds. The van der Waals surface area contributed by atoms with Gasteiger partial charge in [0, 0.05) is 24.3 Å². The van der Waals surface area contributed by atoms with Crippen molar-refractivity contribution in [3.8, 4) is 0 Å². The van der Waals surface area contributed by atoms with Crippen molar-refractivity contribution in [3.05, 3.63) is 29.8 Å². The van der Waals surface area contributed by atoms with Crippen LogP contribution in [0.4, 0.5) is 5.69 Å². The van der Waals surface area contributed by atoms with E-state index in [4.69, 9.17) is 5.73 Å². The highest BCUT2D eigenvalue weighted by molar-refractivity contribution is 5.98. The summed E-state index contributed by atoms with van der Waals surface area (Å²) in [5.74, 6) is -0.182. The van der Waals surface area contributed by atoms with Crippen LogP contribution in [0.5, 0.6) is 0 Å². The van der Waals surface area contributed by atoms with Crippen molar-refractivity contribution >= 4 is 17.5 Å². The van der Waals surface area contributed by atoms with Gasteiger partial charge >= 0.3 is 0 Å². The van der Waals surface area contributed by atoms with Crippen molar-refractivity contribution in [1.82, 2.24) is 4.90 Å². The lowest BCUT2D eigenvalue weighted by Crippen LogP contribution is -2.45. The SMILES string of the molecule is CC(C)(N)C(=O)Nc1ccc(C(=O)N2CCCCCC2)cc1. The second-order valence-electron chi connectivity index (χ2n) is 6.46. The molecule has 0 atom stereocenters. The minimum absolute atomic E-state index is 0.0685. The molecule has 1 aromatic carbocycles. The predicted molar refractivity (Wildman–Crippen MR) is 87.7 cm³/mol. The van der Waals surface area contributed by atoms with Crippen LogP contribution in [0.2, 0.25) is 0 Å². The molecule has 22 heavy (non-hydrogen) atoms. The number of hydrogen-bond acceptors (Lipinski definition) is 3. The first-order valence-corrected chi connectivity index (χ1v) is 7.87. The van der Waals surface area contributed by atoms with E-state index in [9.17, 15) is 9.59 Å². The van der Waals surface area contributed by atoms with Crippen LogP contribution >= 0.6 is 0 Å². The molecule has 1 aliphatic rings. The normalized spacial score (nSPS) is 16.0. The van der Waals surface area contributed by atoms with Crippen LogP contribution in [0.15, 0.2) is 24.3 Å². The van der Waals surface area contributed by atoms with E-state index in [2.05, 4.69) is 5.32 Å². The second-order valence-corrected chi connectivity index (χ2v) is 6.46. The van der Waals surface area contributed by atoms with Gasteiger partial charge in [-0.3, -0.25) is 9.59 Å². The summed E-state index contributed by atoms with van der Waals surface area (Å²) in [7, 11) is 0. The maximum atomic E-state index is 12.5. The number of amides is 2. The number of nitrogens with zero attached hydrogens (tertiary/aromatic N) is 1. The molecule has 1 saturated heterocycles. The van der Waals surface area contributed by atoms with E-state index < -0.39 is 5.54 Å². The summed E-state index contributed by atoms with van der Waals surface area (Å²) >= 11 is 0. The number of hydrogen-bond donors (Lipinski definition) is 2. The molecule has 0 unspecified atom stereocenters. The Kier molecular flexibility index (Phi) is 5.19. The van der Waals surface area contributed by atoms with Crippen LogP contribution in [-0.2, 0) is 4.79 Å². The van der Waals surface area contributed by atoms with Crippen molar-refractivity contribution in [2.75, 3.05) is 18.4 Å². The van der Waals surface area contributed by atoms with Crippen molar-refractivity contribution < 1.29 is 9.59 Å². The summed E-state index contributed by atoms with van der Waals surface area (Å²) in [6.07, 6.45) is 4.55. The lowest BCUT2D eigenvalue weighted by molar-refractivity contribution is -0.120. The van der Waals surface area contributed by atoms with Gasteiger partial charge in [0.2, 0.25) is 5.91 Å². The third-order valence-electron chi connectivity index (χ3n) is 3.87. The maximum Gasteiger partial charge on any atom is 0.253 e. The highest BCUT2D eigenvalue weighted by Crippen LogP contribution is 2.16. The Balaban J connectivity index is 2.02. The molecule has 1 fully saturated rings. The zero-order valence-electron chi connectivity index (χ0n) is 13.4. The standard InChI is InChI=1S/C17H25N3O2/c1-17(2,18)16(22)19-14-9-7-13(8-10-14)15(21)20-11-5-3-4-6-12-20/h7-10H,3-6,11-12,18H2,1-2H3,(H,19,22). The van der Waals surface area contributed by atoms with Crippen LogP contribution in [0, 0.1) is 0 Å². The van der Waals surface area contributed by atoms with Gasteiger partial charge in [0.15, 0.2) is 0 Å². The molecule has 5 heteroatoms. The Labute approximate surface area is 131 Å². The molecular weight excluding hydrogens is 278 g/mol. The van der Waals surface area contributed by atoms with Gasteiger partial charge in [-0.2, -0.15) is 0 Å². The number of likely N-dealkylation sites (tertiary alicyclic amines) is 1. The molecule has 0 spiro atoms. The summed E-state index contributed by atoms with van der Waals surface area (Å²) in [6, 6.07) is 7.00. The Morgan fingerprint density at radius 3 is 2.09 bits per heavy atom. The van der Waals surface area contributed by atoms with E-state index in [0.717, 1.165) is 25.9 Å². The largest absolute Gasteiger partial charge is 0.339 e. The fraction of sp³-hybridized carbons (Fsp3) is 0.529. The Hall–Kier alpha value is -1.88. The lowest BCUT2D eigenvalue weighted by Gasteiger charge is -2.21. The number of anilines is 1. The summed E-state index contributed by atoms with van der Waals surface area (Å²) < 4.78 is 0. The Bertz CT molecular complexity index is 524. The summed E-state index contributed by atoms with van der Waals surface area (Å²) in [5.41, 5.74) is 6.12. The fourth-order valence-electron chi connectivity index (χ4n) is 2.44. The zero-order valence-corrected chi connectivity index (χ0v) is 13.4. The Morgan fingerprint density at radius 2 is 1.59 bits per heavy atom. The van der Waals surface area contributed by atoms with Gasteiger partial charge < -0.3 is 16.0 Å². The number of rotatable bonds is 3. The average molecular weight is 303 g/mol. The molecule has 0 bridgehead atoms. The molecule has 1 aromatic rings. The van der Waals surface area contributed by atoms with E-state index in [-0.39, 0.29) is 11.8 Å². The third-order valence-corrected chi connectivity index (χ3v) is 3.87. The summed E-state index contributed by atoms with van der Waals surface area (Å²) in [6.45, 7) is 4.97. The number of carbonyl (C=O) groups is 2. The molecule has 120 valence electrons. The predicted octanol–water partition coefficient (Wildman–Crippen LogP) is 2.38. The van der Waals surface area contributed by atoms with E-state index >= 15 is 0 Å². The van der Waals surface area contributed by atoms with Crippen LogP contribution in [0.3, 0.4) is 0 Å². The molecule has 3 N–H and O–H groups in total. The molecule has 0 radical (unpaired) electrons. The van der Waals surface area contributed by atoms with Crippen molar-refractivity contribution in [2.45, 2.75) is 45.1 Å². The summed E-state index contributed by atoms with van der Waals surface area (Å²) in [4.78, 5) is 26.2. The molecule has 1 heterocycles. The van der Waals surface area contributed by atoms with Crippen LogP contribution in [0.1, 0.15) is 49.9 Å². The smallest absolute Gasteiger partial charge is 0.253 e. The molecule has 0 saturated carbocycles. The first kappa shape index (κ1) is 16.5. The second kappa shape index (κ2) is 6.92. The number of nitrogens with two attached hydrogens (primary N) is 1. The molecule has 0 aliphatic carbocycles. The van der Waals surface area contributed by atoms with Gasteiger partial charge in [0.1, 0.15) is 0 Å². The number of carbonyl (C=O) groups excluding carboxylic acids is 2. The molecule has 0 aromatic heterocycles. The zero-order chi connectivity index (χ0) is 16.2. The first-order valence-electron chi connectivity index (χ1n) is 7.87. The molecule has 1 aliphatic heterocycles. The van der Waals surface area contributed by atoms with E-state index in [1.165, 1.54) is 12.8 Å². The van der Waals surface area contributed by atoms with Gasteiger partial charge in [-0.25, -0.2) is 0 Å². The van der Waals surface area contributed by atoms with E-state index in [0.29, 0.717) is 11.3 Å². The van der Waals surface area contributed by atoms with Crippen LogP contribution in [-0.4, -0.2) is 35.3 Å². The van der Waals surface area contributed by atoms with Gasteiger partial charge in [-0.05, 0) is 51.0 Å². The Morgan fingerprint density at radius 1 is 1.05 bits per heavy atom. The molecule has 5 nitrogen and oxygen atoms in total. The highest BCUT2D eigenvalue weighted by atomic mass is 16.2. The summed E-state index contributed by atoms with van der Waals surface area (Å²) in [5, 5.41) is 2.75. The van der Waals surface area contributed by atoms with Crippen molar-refractivity contribution in [3.63, 3.8) is 0 Å². The quantitative estimate of drug-likeness (QED) is 0.900. The van der Waals surface area contributed by atoms with E-state index in [1.54, 1.807) is 38.1 Å². The molecular formula is C17H25N3O2. The van der Waals surface area contributed by atoms with Gasteiger partial charge in [0.05, 0.1) is 5.54 Å². The van der Waals surface area contributed by atoms with Crippen molar-refractivity contribution in [2.24, 2.45) is 5.73 Å². The van der Waals surface area contributed by atoms with Gasteiger partial charge in [0.25, 0.3) is 5.91 Å². The van der Waals surface area contributed by atoms with Gasteiger partial charge in [-0.15, -0.1) is 0 Å². The lowest BCUT2D eigenvalue weighted by atomic mass is 10.1. The fourth-order valence-corrected chi connectivity index (χ4v) is 2.44. The number of nitrogens with one attached hydrogen (secondary N) is 1. The van der Waals surface area contributed by atoms with Crippen LogP contribution in [0.25, 0.3) is 0 Å². The number of benzene rings is 1. The van der Waals surface area contributed by atoms with Crippen molar-refractivity contribution in [1.29, 1.82) is 0 Å². The monoisotopic (exact) mass is 303 g/mol. The first-order chi connectivity index (χ1) is 10.4. The van der Waals surface area contributed by atoms with Gasteiger partial charge in [-0.1, -0.05) is 12.8 Å². The average Bonchev–Trinajstić information content (AvgIpc) is 2.75. The minimum atomic E-state index is -0.930. The third kappa shape index (κ3) is 4.31. The minimum Gasteiger partial charge on any atom is -0.339 e. The highest BCUT2D eigenvalue weighted by Gasteiger charge is 2.22. The molecule has 2 rings (SSSR count). The van der Waals surface area contributed by atoms with Crippen LogP contribution < -0.4 is 11.1 Å².